The Morgan fingerprint density at radius 1 is 1.00 bits per heavy atom. The first-order valence-corrected chi connectivity index (χ1v) is 12.2. The summed E-state index contributed by atoms with van der Waals surface area (Å²) in [5, 5.41) is 4.22. The fourth-order valence-corrected chi connectivity index (χ4v) is 4.65. The first-order chi connectivity index (χ1) is 16.9. The van der Waals surface area contributed by atoms with E-state index in [0.29, 0.717) is 36.9 Å². The maximum absolute atomic E-state index is 13.5. The molecule has 2 fully saturated rings. The zero-order chi connectivity index (χ0) is 24.5. The van der Waals surface area contributed by atoms with Crippen LogP contribution in [0.25, 0.3) is 10.9 Å². The number of rotatable bonds is 6. The lowest BCUT2D eigenvalue weighted by Crippen LogP contribution is -2.56. The lowest BCUT2D eigenvalue weighted by Gasteiger charge is -2.36. The normalized spacial score (nSPS) is 16.9. The molecule has 35 heavy (non-hydrogen) atoms. The van der Waals surface area contributed by atoms with Gasteiger partial charge in [0.05, 0.1) is 0 Å². The Bertz CT molecular complexity index is 1260. The third kappa shape index (κ3) is 5.32. The van der Waals surface area contributed by atoms with Gasteiger partial charge < -0.3 is 20.1 Å². The Balaban J connectivity index is 1.31. The second-order valence-corrected chi connectivity index (χ2v) is 9.63. The van der Waals surface area contributed by atoms with Crippen LogP contribution in [-0.4, -0.2) is 64.7 Å². The number of amides is 3. The molecule has 3 amide bonds. The number of carbonyl (C=O) groups is 3. The number of aromatic amines is 1. The molecule has 2 N–H and O–H groups in total. The molecule has 1 saturated heterocycles. The van der Waals surface area contributed by atoms with E-state index in [1.165, 1.54) is 12.1 Å². The standard InChI is InChI=1S/C26H26ClFN4O3/c27-19-5-8-21-18(14-19)15-22(29-21)24(33)30-23(13-16-1-6-20(28)7-2-16)26(35)32-11-9-31(10-12-32)25(34)17-3-4-17/h1-2,5-8,14-15,17,23,29H,3-4,9-13H2,(H,30,33)/t23-/m0/s1. The highest BCUT2D eigenvalue weighted by atomic mass is 35.5. The van der Waals surface area contributed by atoms with Crippen molar-refractivity contribution in [2.45, 2.75) is 25.3 Å². The highest BCUT2D eigenvalue weighted by Gasteiger charge is 2.36. The van der Waals surface area contributed by atoms with Crippen LogP contribution in [0, 0.1) is 11.7 Å². The van der Waals surface area contributed by atoms with Crippen LogP contribution in [0.4, 0.5) is 4.39 Å². The molecule has 0 bridgehead atoms. The molecule has 1 saturated carbocycles. The highest BCUT2D eigenvalue weighted by molar-refractivity contribution is 6.31. The average Bonchev–Trinajstić information content (AvgIpc) is 3.63. The van der Waals surface area contributed by atoms with Crippen LogP contribution in [-0.2, 0) is 16.0 Å². The number of benzene rings is 2. The molecule has 7 nitrogen and oxygen atoms in total. The lowest BCUT2D eigenvalue weighted by atomic mass is 10.0. The van der Waals surface area contributed by atoms with Crippen LogP contribution in [0.2, 0.25) is 5.02 Å². The van der Waals surface area contributed by atoms with Gasteiger partial charge in [0.1, 0.15) is 17.6 Å². The molecule has 1 aliphatic carbocycles. The summed E-state index contributed by atoms with van der Waals surface area (Å²) in [6.07, 6.45) is 2.12. The van der Waals surface area contributed by atoms with E-state index in [4.69, 9.17) is 11.6 Å². The Labute approximate surface area is 207 Å². The SMILES string of the molecule is O=C(N[C@@H](Cc1ccc(F)cc1)C(=O)N1CCN(C(=O)C2CC2)CC1)c1cc2cc(Cl)ccc2[nH]1. The minimum atomic E-state index is -0.839. The van der Waals surface area contributed by atoms with Gasteiger partial charge in [-0.25, -0.2) is 4.39 Å². The topological polar surface area (TPSA) is 85.5 Å². The molecule has 2 heterocycles. The van der Waals surface area contributed by atoms with Gasteiger partial charge in [-0.3, -0.25) is 14.4 Å². The van der Waals surface area contributed by atoms with Crippen LogP contribution in [0.3, 0.4) is 0 Å². The third-order valence-electron chi connectivity index (χ3n) is 6.61. The van der Waals surface area contributed by atoms with E-state index in [-0.39, 0.29) is 30.0 Å². The molecule has 2 aromatic carbocycles. The number of fused-ring (bicyclic) bond motifs is 1. The van der Waals surface area contributed by atoms with Crippen molar-refractivity contribution in [3.63, 3.8) is 0 Å². The number of hydrogen-bond acceptors (Lipinski definition) is 3. The first-order valence-electron chi connectivity index (χ1n) is 11.8. The fourth-order valence-electron chi connectivity index (χ4n) is 4.47. The van der Waals surface area contributed by atoms with Crippen molar-refractivity contribution < 1.29 is 18.8 Å². The molecular formula is C26H26ClFN4O3. The van der Waals surface area contributed by atoms with E-state index in [1.807, 2.05) is 4.90 Å². The van der Waals surface area contributed by atoms with E-state index in [0.717, 1.165) is 29.3 Å². The van der Waals surface area contributed by atoms with E-state index in [9.17, 15) is 18.8 Å². The fraction of sp³-hybridized carbons (Fsp3) is 0.346. The Hall–Kier alpha value is -3.39. The van der Waals surface area contributed by atoms with Gasteiger partial charge in [-0.1, -0.05) is 23.7 Å². The number of H-pyrrole nitrogens is 1. The molecule has 9 heteroatoms. The number of hydrogen-bond donors (Lipinski definition) is 2. The molecule has 1 aromatic heterocycles. The second kappa shape index (κ2) is 9.70. The third-order valence-corrected chi connectivity index (χ3v) is 6.85. The van der Waals surface area contributed by atoms with Crippen LogP contribution in [0.15, 0.2) is 48.5 Å². The second-order valence-electron chi connectivity index (χ2n) is 9.20. The molecule has 1 aliphatic heterocycles. The average molecular weight is 497 g/mol. The number of aromatic nitrogens is 1. The van der Waals surface area contributed by atoms with Crippen LogP contribution >= 0.6 is 11.6 Å². The van der Waals surface area contributed by atoms with Crippen molar-refractivity contribution >= 4 is 40.2 Å². The van der Waals surface area contributed by atoms with Gasteiger partial charge in [-0.15, -0.1) is 0 Å². The number of nitrogens with one attached hydrogen (secondary N) is 2. The zero-order valence-corrected chi connectivity index (χ0v) is 19.9. The minimum Gasteiger partial charge on any atom is -0.351 e. The van der Waals surface area contributed by atoms with Crippen LogP contribution < -0.4 is 5.32 Å². The monoisotopic (exact) mass is 496 g/mol. The molecule has 2 aliphatic rings. The maximum atomic E-state index is 13.5. The molecule has 1 atom stereocenters. The van der Waals surface area contributed by atoms with Gasteiger partial charge in [0, 0.05) is 54.4 Å². The van der Waals surface area contributed by atoms with E-state index >= 15 is 0 Å². The van der Waals surface area contributed by atoms with Gasteiger partial charge in [0.25, 0.3) is 5.91 Å². The van der Waals surface area contributed by atoms with E-state index < -0.39 is 11.9 Å². The van der Waals surface area contributed by atoms with Crippen molar-refractivity contribution in [2.24, 2.45) is 5.92 Å². The summed E-state index contributed by atoms with van der Waals surface area (Å²) in [5.74, 6) is -0.685. The quantitative estimate of drug-likeness (QED) is 0.548. The van der Waals surface area contributed by atoms with Crippen molar-refractivity contribution in [3.05, 3.63) is 70.6 Å². The maximum Gasteiger partial charge on any atom is 0.268 e. The summed E-state index contributed by atoms with van der Waals surface area (Å²) >= 11 is 6.06. The summed E-state index contributed by atoms with van der Waals surface area (Å²) in [4.78, 5) is 45.5. The summed E-state index contributed by atoms with van der Waals surface area (Å²) in [5.41, 5.74) is 1.81. The molecule has 0 unspecified atom stereocenters. The minimum absolute atomic E-state index is 0.147. The molecule has 0 spiro atoms. The Kier molecular flexibility index (Phi) is 6.47. The zero-order valence-electron chi connectivity index (χ0n) is 19.1. The molecule has 5 rings (SSSR count). The van der Waals surface area contributed by atoms with Gasteiger partial charge in [-0.2, -0.15) is 0 Å². The highest BCUT2D eigenvalue weighted by Crippen LogP contribution is 2.31. The van der Waals surface area contributed by atoms with Crippen molar-refractivity contribution in [3.8, 4) is 0 Å². The lowest BCUT2D eigenvalue weighted by molar-refractivity contribution is -0.141. The molecule has 0 radical (unpaired) electrons. The molecule has 182 valence electrons. The van der Waals surface area contributed by atoms with Gasteiger partial charge in [-0.05, 0) is 54.8 Å². The predicted octanol–water partition coefficient (Wildman–Crippen LogP) is 3.38. The summed E-state index contributed by atoms with van der Waals surface area (Å²) < 4.78 is 13.4. The molecule has 3 aromatic rings. The summed E-state index contributed by atoms with van der Waals surface area (Å²) in [7, 11) is 0. The van der Waals surface area contributed by atoms with Gasteiger partial charge in [0.2, 0.25) is 11.8 Å². The van der Waals surface area contributed by atoms with E-state index in [1.54, 1.807) is 41.3 Å². The number of nitrogens with zero attached hydrogens (tertiary/aromatic N) is 2. The summed E-state index contributed by atoms with van der Waals surface area (Å²) in [6.45, 7) is 1.80. The number of carbonyl (C=O) groups excluding carboxylic acids is 3. The van der Waals surface area contributed by atoms with Gasteiger partial charge in [0.15, 0.2) is 0 Å². The molecular weight excluding hydrogens is 471 g/mol. The number of halogens is 2. The van der Waals surface area contributed by atoms with Crippen molar-refractivity contribution in [1.82, 2.24) is 20.1 Å². The largest absolute Gasteiger partial charge is 0.351 e. The van der Waals surface area contributed by atoms with Crippen molar-refractivity contribution in [2.75, 3.05) is 26.2 Å². The van der Waals surface area contributed by atoms with Gasteiger partial charge >= 0.3 is 0 Å². The Morgan fingerprint density at radius 3 is 2.37 bits per heavy atom. The van der Waals surface area contributed by atoms with Crippen LogP contribution in [0.1, 0.15) is 28.9 Å². The summed E-state index contributed by atoms with van der Waals surface area (Å²) in [6, 6.07) is 12.0. The Morgan fingerprint density at radius 2 is 1.69 bits per heavy atom. The van der Waals surface area contributed by atoms with E-state index in [2.05, 4.69) is 10.3 Å². The first kappa shape index (κ1) is 23.4. The predicted molar refractivity (Wildman–Crippen MR) is 131 cm³/mol. The van der Waals surface area contributed by atoms with Crippen molar-refractivity contribution in [1.29, 1.82) is 0 Å². The smallest absolute Gasteiger partial charge is 0.268 e. The number of piperazine rings is 1. The van der Waals surface area contributed by atoms with Crippen LogP contribution in [0.5, 0.6) is 0 Å².